The van der Waals surface area contributed by atoms with Crippen molar-refractivity contribution < 1.29 is 14.3 Å². The zero-order chi connectivity index (χ0) is 9.56. The maximum Gasteiger partial charge on any atom is 0.305 e. The molecule has 0 rings (SSSR count). The van der Waals surface area contributed by atoms with E-state index in [2.05, 4.69) is 4.74 Å². The molecule has 70 valence electrons. The predicted molar refractivity (Wildman–Crippen MR) is 43.0 cm³/mol. The molecule has 0 radical (unpaired) electrons. The van der Waals surface area contributed by atoms with Crippen molar-refractivity contribution in [1.29, 1.82) is 0 Å². The minimum atomic E-state index is -0.755. The Balaban J connectivity index is 3.54. The molecule has 0 aromatic heterocycles. The van der Waals surface area contributed by atoms with Crippen LogP contribution in [-0.4, -0.2) is 24.5 Å². The normalized spacial score (nSPS) is 12.2. The summed E-state index contributed by atoms with van der Waals surface area (Å²) in [6, 6.07) is -0.755. The summed E-state index contributed by atoms with van der Waals surface area (Å²) in [5, 5.41) is 0. The molecule has 1 atom stereocenters. The van der Waals surface area contributed by atoms with E-state index in [-0.39, 0.29) is 18.8 Å². The van der Waals surface area contributed by atoms with Gasteiger partial charge in [0.25, 0.3) is 0 Å². The van der Waals surface area contributed by atoms with Crippen LogP contribution in [-0.2, 0) is 14.3 Å². The fourth-order valence-corrected chi connectivity index (χ4v) is 0.649. The van der Waals surface area contributed by atoms with E-state index in [1.54, 1.807) is 6.92 Å². The van der Waals surface area contributed by atoms with Gasteiger partial charge in [0.05, 0.1) is 12.6 Å². The maximum atomic E-state index is 10.7. The van der Waals surface area contributed by atoms with Crippen molar-refractivity contribution in [2.24, 2.45) is 11.5 Å². The van der Waals surface area contributed by atoms with Gasteiger partial charge in [-0.1, -0.05) is 0 Å². The first-order valence-corrected chi connectivity index (χ1v) is 3.78. The van der Waals surface area contributed by atoms with Crippen molar-refractivity contribution in [3.63, 3.8) is 0 Å². The average Bonchev–Trinajstić information content (AvgIpc) is 2.00. The molecule has 12 heavy (non-hydrogen) atoms. The molecule has 0 aromatic carbocycles. The number of ether oxygens (including phenoxy) is 1. The molecule has 5 nitrogen and oxygen atoms in total. The monoisotopic (exact) mass is 174 g/mol. The Labute approximate surface area is 71.0 Å². The molecule has 0 unspecified atom stereocenters. The Morgan fingerprint density at radius 1 is 1.50 bits per heavy atom. The lowest BCUT2D eigenvalue weighted by Crippen LogP contribution is -2.36. The minimum Gasteiger partial charge on any atom is -0.466 e. The van der Waals surface area contributed by atoms with Crippen LogP contribution in [0.2, 0.25) is 0 Å². The van der Waals surface area contributed by atoms with E-state index in [1.807, 2.05) is 0 Å². The lowest BCUT2D eigenvalue weighted by Gasteiger charge is -2.05. The van der Waals surface area contributed by atoms with Crippen LogP contribution in [0.3, 0.4) is 0 Å². The van der Waals surface area contributed by atoms with Gasteiger partial charge >= 0.3 is 5.97 Å². The van der Waals surface area contributed by atoms with Crippen molar-refractivity contribution in [3.8, 4) is 0 Å². The van der Waals surface area contributed by atoms with E-state index in [0.717, 1.165) is 0 Å². The lowest BCUT2D eigenvalue weighted by atomic mass is 10.1. The van der Waals surface area contributed by atoms with Gasteiger partial charge in [0.15, 0.2) is 0 Å². The van der Waals surface area contributed by atoms with Crippen LogP contribution in [0.25, 0.3) is 0 Å². The standard InChI is InChI=1S/C7H14N2O3/c1-2-12-6(10)4-3-5(8)7(9)11/h5H,2-4,8H2,1H3,(H2,9,11)/t5-/m0/s1. The fraction of sp³-hybridized carbons (Fsp3) is 0.714. The molecular weight excluding hydrogens is 160 g/mol. The molecule has 0 bridgehead atoms. The average molecular weight is 174 g/mol. The second-order valence-corrected chi connectivity index (χ2v) is 2.35. The van der Waals surface area contributed by atoms with Crippen LogP contribution in [0.5, 0.6) is 0 Å². The Morgan fingerprint density at radius 3 is 2.50 bits per heavy atom. The highest BCUT2D eigenvalue weighted by Gasteiger charge is 2.11. The molecule has 0 fully saturated rings. The van der Waals surface area contributed by atoms with E-state index in [0.29, 0.717) is 6.61 Å². The smallest absolute Gasteiger partial charge is 0.305 e. The Morgan fingerprint density at radius 2 is 2.08 bits per heavy atom. The molecular formula is C7H14N2O3. The van der Waals surface area contributed by atoms with Crippen LogP contribution in [0.4, 0.5) is 0 Å². The fourth-order valence-electron chi connectivity index (χ4n) is 0.649. The second-order valence-electron chi connectivity index (χ2n) is 2.35. The summed E-state index contributed by atoms with van der Waals surface area (Å²) >= 11 is 0. The van der Waals surface area contributed by atoms with Crippen LogP contribution in [0.15, 0.2) is 0 Å². The van der Waals surface area contributed by atoms with Crippen molar-refractivity contribution in [2.75, 3.05) is 6.61 Å². The molecule has 0 aliphatic rings. The quantitative estimate of drug-likeness (QED) is 0.530. The third kappa shape index (κ3) is 4.68. The molecule has 4 N–H and O–H groups in total. The highest BCUT2D eigenvalue weighted by atomic mass is 16.5. The van der Waals surface area contributed by atoms with Crippen molar-refractivity contribution >= 4 is 11.9 Å². The number of nitrogens with two attached hydrogens (primary N) is 2. The van der Waals surface area contributed by atoms with Gasteiger partial charge in [-0.2, -0.15) is 0 Å². The van der Waals surface area contributed by atoms with Crippen LogP contribution < -0.4 is 11.5 Å². The van der Waals surface area contributed by atoms with Crippen LogP contribution in [0.1, 0.15) is 19.8 Å². The Hall–Kier alpha value is -1.10. The first-order chi connectivity index (χ1) is 5.57. The summed E-state index contributed by atoms with van der Waals surface area (Å²) in [7, 11) is 0. The van der Waals surface area contributed by atoms with Gasteiger partial charge in [0, 0.05) is 6.42 Å². The zero-order valence-corrected chi connectivity index (χ0v) is 7.08. The number of primary amides is 1. The summed E-state index contributed by atoms with van der Waals surface area (Å²) in [6.07, 6.45) is 0.381. The molecule has 0 aliphatic carbocycles. The van der Waals surface area contributed by atoms with E-state index in [9.17, 15) is 9.59 Å². The summed E-state index contributed by atoms with van der Waals surface area (Å²) in [5.41, 5.74) is 10.2. The lowest BCUT2D eigenvalue weighted by molar-refractivity contribution is -0.143. The number of esters is 1. The van der Waals surface area contributed by atoms with Gasteiger partial charge in [0.2, 0.25) is 5.91 Å². The van der Waals surface area contributed by atoms with Crippen LogP contribution in [0, 0.1) is 0 Å². The Bertz CT molecular complexity index is 170. The number of amides is 1. The zero-order valence-electron chi connectivity index (χ0n) is 7.08. The minimum absolute atomic E-state index is 0.137. The van der Waals surface area contributed by atoms with Gasteiger partial charge in [-0.3, -0.25) is 9.59 Å². The van der Waals surface area contributed by atoms with Crippen molar-refractivity contribution in [3.05, 3.63) is 0 Å². The third-order valence-electron chi connectivity index (χ3n) is 1.33. The van der Waals surface area contributed by atoms with Crippen molar-refractivity contribution in [2.45, 2.75) is 25.8 Å². The highest BCUT2D eigenvalue weighted by molar-refractivity contribution is 5.80. The van der Waals surface area contributed by atoms with Gasteiger partial charge < -0.3 is 16.2 Å². The Kier molecular flexibility index (Phi) is 5.03. The SMILES string of the molecule is CCOC(=O)CC[C@H](N)C(N)=O. The number of carbonyl (C=O) groups excluding carboxylic acids is 2. The third-order valence-corrected chi connectivity index (χ3v) is 1.33. The highest BCUT2D eigenvalue weighted by Crippen LogP contribution is 1.96. The van der Waals surface area contributed by atoms with Crippen LogP contribution >= 0.6 is 0 Å². The number of rotatable bonds is 5. The summed E-state index contributed by atoms with van der Waals surface area (Å²) in [4.78, 5) is 21.2. The summed E-state index contributed by atoms with van der Waals surface area (Å²) in [6.45, 7) is 2.05. The number of hydrogen-bond donors (Lipinski definition) is 2. The van der Waals surface area contributed by atoms with Gasteiger partial charge in [-0.15, -0.1) is 0 Å². The largest absolute Gasteiger partial charge is 0.466 e. The maximum absolute atomic E-state index is 10.7. The molecule has 0 heterocycles. The first kappa shape index (κ1) is 10.9. The summed E-state index contributed by atoms with van der Waals surface area (Å²) in [5.74, 6) is -0.950. The molecule has 5 heteroatoms. The van der Waals surface area contributed by atoms with E-state index in [1.165, 1.54) is 0 Å². The molecule has 1 amide bonds. The van der Waals surface area contributed by atoms with Gasteiger partial charge in [0.1, 0.15) is 0 Å². The van der Waals surface area contributed by atoms with Gasteiger partial charge in [-0.05, 0) is 13.3 Å². The molecule has 0 spiro atoms. The number of carbonyl (C=O) groups is 2. The number of hydrogen-bond acceptors (Lipinski definition) is 4. The van der Waals surface area contributed by atoms with E-state index < -0.39 is 11.9 Å². The molecule has 0 saturated carbocycles. The van der Waals surface area contributed by atoms with E-state index >= 15 is 0 Å². The van der Waals surface area contributed by atoms with E-state index in [4.69, 9.17) is 11.5 Å². The first-order valence-electron chi connectivity index (χ1n) is 3.78. The molecule has 0 saturated heterocycles. The van der Waals surface area contributed by atoms with Crippen molar-refractivity contribution in [1.82, 2.24) is 0 Å². The predicted octanol–water partition coefficient (Wildman–Crippen LogP) is -0.858. The topological polar surface area (TPSA) is 95.4 Å². The summed E-state index contributed by atoms with van der Waals surface area (Å²) < 4.78 is 4.63. The van der Waals surface area contributed by atoms with Gasteiger partial charge in [-0.25, -0.2) is 0 Å². The molecule has 0 aliphatic heterocycles. The second kappa shape index (κ2) is 5.54. The molecule has 0 aromatic rings.